The lowest BCUT2D eigenvalue weighted by molar-refractivity contribution is -0.121. The zero-order valence-electron chi connectivity index (χ0n) is 18.0. The lowest BCUT2D eigenvalue weighted by Crippen LogP contribution is -2.41. The second kappa shape index (κ2) is 10.9. The van der Waals surface area contributed by atoms with E-state index in [-0.39, 0.29) is 31.4 Å². The highest BCUT2D eigenvalue weighted by Crippen LogP contribution is 2.21. The minimum absolute atomic E-state index is 0.197. The van der Waals surface area contributed by atoms with E-state index in [1.807, 2.05) is 0 Å². The largest absolute Gasteiger partial charge is 0.513 e. The van der Waals surface area contributed by atoms with Crippen molar-refractivity contribution in [3.8, 4) is 5.75 Å². The summed E-state index contributed by atoms with van der Waals surface area (Å²) in [5.74, 6) is -1.51. The second-order valence-electron chi connectivity index (χ2n) is 7.01. The van der Waals surface area contributed by atoms with Crippen LogP contribution in [0, 0.1) is 0 Å². The molecular weight excluding hydrogens is 430 g/mol. The SMILES string of the molecule is CCOC(=O)Oc1ccc(C(=O)NCCCNC(=O)CN2C(=O)c3ccccc3C2=O)cc1. The number of hydrogen-bond donors (Lipinski definition) is 2. The average Bonchev–Trinajstić information content (AvgIpc) is 3.04. The zero-order valence-corrected chi connectivity index (χ0v) is 18.0. The number of hydrogen-bond acceptors (Lipinski definition) is 7. The smallest absolute Gasteiger partial charge is 0.434 e. The Bertz CT molecular complexity index is 1030. The first kappa shape index (κ1) is 23.5. The van der Waals surface area contributed by atoms with Crippen LogP contribution in [0.1, 0.15) is 44.4 Å². The van der Waals surface area contributed by atoms with Crippen LogP contribution in [0.3, 0.4) is 0 Å². The number of amides is 4. The highest BCUT2D eigenvalue weighted by atomic mass is 16.7. The van der Waals surface area contributed by atoms with Crippen LogP contribution in [0.25, 0.3) is 0 Å². The van der Waals surface area contributed by atoms with Crippen LogP contribution in [-0.2, 0) is 9.53 Å². The lowest BCUT2D eigenvalue weighted by atomic mass is 10.1. The van der Waals surface area contributed by atoms with Gasteiger partial charge in [-0.3, -0.25) is 24.1 Å². The van der Waals surface area contributed by atoms with Crippen LogP contribution in [-0.4, -0.2) is 60.9 Å². The molecule has 2 aromatic rings. The predicted molar refractivity (Wildman–Crippen MR) is 116 cm³/mol. The van der Waals surface area contributed by atoms with E-state index in [9.17, 15) is 24.0 Å². The van der Waals surface area contributed by atoms with Crippen LogP contribution in [0.4, 0.5) is 4.79 Å². The molecule has 0 aliphatic carbocycles. The monoisotopic (exact) mass is 453 g/mol. The quantitative estimate of drug-likeness (QED) is 0.256. The van der Waals surface area contributed by atoms with Crippen LogP contribution in [0.15, 0.2) is 48.5 Å². The Kier molecular flexibility index (Phi) is 7.74. The van der Waals surface area contributed by atoms with Gasteiger partial charge in [-0.05, 0) is 49.7 Å². The number of carbonyl (C=O) groups is 5. The Morgan fingerprint density at radius 3 is 2.09 bits per heavy atom. The molecule has 10 nitrogen and oxygen atoms in total. The summed E-state index contributed by atoms with van der Waals surface area (Å²) in [6.45, 7) is 2.05. The number of nitrogens with zero attached hydrogens (tertiary/aromatic N) is 1. The van der Waals surface area contributed by atoms with E-state index in [2.05, 4.69) is 15.4 Å². The van der Waals surface area contributed by atoms with E-state index >= 15 is 0 Å². The summed E-state index contributed by atoms with van der Waals surface area (Å²) in [4.78, 5) is 61.0. The van der Waals surface area contributed by atoms with Crippen molar-refractivity contribution in [1.29, 1.82) is 0 Å². The fraction of sp³-hybridized carbons (Fsp3) is 0.261. The Hall–Kier alpha value is -4.21. The number of carbonyl (C=O) groups excluding carboxylic acids is 5. The minimum Gasteiger partial charge on any atom is -0.434 e. The lowest BCUT2D eigenvalue weighted by Gasteiger charge is -2.13. The Morgan fingerprint density at radius 2 is 1.48 bits per heavy atom. The first-order valence-corrected chi connectivity index (χ1v) is 10.4. The normalized spacial score (nSPS) is 12.2. The molecule has 172 valence electrons. The molecular formula is C23H23N3O7. The van der Waals surface area contributed by atoms with Crippen LogP contribution >= 0.6 is 0 Å². The van der Waals surface area contributed by atoms with Gasteiger partial charge >= 0.3 is 6.16 Å². The number of ether oxygens (including phenoxy) is 2. The molecule has 0 radical (unpaired) electrons. The third-order valence-corrected chi connectivity index (χ3v) is 4.72. The summed E-state index contributed by atoms with van der Waals surface area (Å²) < 4.78 is 9.60. The predicted octanol–water partition coefficient (Wildman–Crippen LogP) is 1.75. The second-order valence-corrected chi connectivity index (χ2v) is 7.01. The van der Waals surface area contributed by atoms with Gasteiger partial charge in [0.2, 0.25) is 5.91 Å². The van der Waals surface area contributed by atoms with Crippen molar-refractivity contribution in [2.75, 3.05) is 26.2 Å². The zero-order chi connectivity index (χ0) is 23.8. The van der Waals surface area contributed by atoms with Gasteiger partial charge in [-0.15, -0.1) is 0 Å². The first-order valence-electron chi connectivity index (χ1n) is 10.4. The van der Waals surface area contributed by atoms with E-state index in [0.717, 1.165) is 4.90 Å². The Balaban J connectivity index is 1.35. The summed E-state index contributed by atoms with van der Waals surface area (Å²) in [7, 11) is 0. The van der Waals surface area contributed by atoms with Crippen molar-refractivity contribution in [3.63, 3.8) is 0 Å². The summed E-state index contributed by atoms with van der Waals surface area (Å²) in [6, 6.07) is 12.4. The standard InChI is InChI=1S/C23H23N3O7/c1-2-32-23(31)33-16-10-8-15(9-11-16)20(28)25-13-5-12-24-19(27)14-26-21(29)17-6-3-4-7-18(17)22(26)30/h3-4,6-11H,2,5,12-14H2,1H3,(H,24,27)(H,25,28). The summed E-state index contributed by atoms with van der Waals surface area (Å²) in [6.07, 6.45) is -0.372. The van der Waals surface area contributed by atoms with Crippen molar-refractivity contribution < 1.29 is 33.4 Å². The first-order chi connectivity index (χ1) is 15.9. The average molecular weight is 453 g/mol. The van der Waals surface area contributed by atoms with Crippen LogP contribution in [0.5, 0.6) is 5.75 Å². The molecule has 0 atom stereocenters. The molecule has 0 aromatic heterocycles. The molecule has 0 bridgehead atoms. The fourth-order valence-corrected chi connectivity index (χ4v) is 3.12. The molecule has 0 saturated heterocycles. The Labute approximate surface area is 189 Å². The molecule has 2 N–H and O–H groups in total. The molecule has 2 aromatic carbocycles. The fourth-order valence-electron chi connectivity index (χ4n) is 3.12. The third kappa shape index (κ3) is 5.94. The molecule has 0 unspecified atom stereocenters. The molecule has 1 aliphatic rings. The van der Waals surface area contributed by atoms with Crippen molar-refractivity contribution in [2.45, 2.75) is 13.3 Å². The molecule has 0 saturated carbocycles. The van der Waals surface area contributed by atoms with Crippen molar-refractivity contribution in [2.24, 2.45) is 0 Å². The van der Waals surface area contributed by atoms with Gasteiger partial charge in [0.05, 0.1) is 17.7 Å². The van der Waals surface area contributed by atoms with E-state index in [0.29, 0.717) is 29.7 Å². The van der Waals surface area contributed by atoms with Crippen molar-refractivity contribution in [1.82, 2.24) is 15.5 Å². The maximum atomic E-state index is 12.3. The van der Waals surface area contributed by atoms with E-state index in [1.165, 1.54) is 24.3 Å². The highest BCUT2D eigenvalue weighted by Gasteiger charge is 2.36. The maximum Gasteiger partial charge on any atom is 0.513 e. The molecule has 1 heterocycles. The van der Waals surface area contributed by atoms with Gasteiger partial charge in [-0.1, -0.05) is 12.1 Å². The molecule has 0 spiro atoms. The van der Waals surface area contributed by atoms with Crippen molar-refractivity contribution in [3.05, 3.63) is 65.2 Å². The van der Waals surface area contributed by atoms with Gasteiger partial charge in [0, 0.05) is 18.7 Å². The van der Waals surface area contributed by atoms with Gasteiger partial charge in [-0.25, -0.2) is 4.79 Å². The van der Waals surface area contributed by atoms with E-state index in [4.69, 9.17) is 4.74 Å². The molecule has 4 amide bonds. The molecule has 3 rings (SSSR count). The third-order valence-electron chi connectivity index (χ3n) is 4.72. The number of imide groups is 1. The summed E-state index contributed by atoms with van der Waals surface area (Å²) >= 11 is 0. The maximum absolute atomic E-state index is 12.3. The number of rotatable bonds is 9. The summed E-state index contributed by atoms with van der Waals surface area (Å²) in [5, 5.41) is 5.34. The number of benzene rings is 2. The van der Waals surface area contributed by atoms with E-state index < -0.39 is 23.9 Å². The molecule has 1 aliphatic heterocycles. The van der Waals surface area contributed by atoms with Gasteiger partial charge in [0.25, 0.3) is 17.7 Å². The van der Waals surface area contributed by atoms with Gasteiger partial charge in [0.1, 0.15) is 12.3 Å². The minimum atomic E-state index is -0.820. The van der Waals surface area contributed by atoms with Gasteiger partial charge in [-0.2, -0.15) is 0 Å². The highest BCUT2D eigenvalue weighted by molar-refractivity contribution is 6.22. The van der Waals surface area contributed by atoms with Crippen molar-refractivity contribution >= 4 is 29.8 Å². The molecule has 0 fully saturated rings. The Morgan fingerprint density at radius 1 is 0.879 bits per heavy atom. The topological polar surface area (TPSA) is 131 Å². The van der Waals surface area contributed by atoms with Gasteiger partial charge < -0.3 is 20.1 Å². The summed E-state index contributed by atoms with van der Waals surface area (Å²) in [5.41, 5.74) is 0.956. The van der Waals surface area contributed by atoms with Gasteiger partial charge in [0.15, 0.2) is 0 Å². The molecule has 10 heteroatoms. The van der Waals surface area contributed by atoms with Crippen LogP contribution < -0.4 is 15.4 Å². The van der Waals surface area contributed by atoms with E-state index in [1.54, 1.807) is 31.2 Å². The molecule has 33 heavy (non-hydrogen) atoms. The van der Waals surface area contributed by atoms with Crippen LogP contribution in [0.2, 0.25) is 0 Å². The number of fused-ring (bicyclic) bond motifs is 1. The number of nitrogens with one attached hydrogen (secondary N) is 2.